The molecule has 6 nitrogen and oxygen atoms in total. The van der Waals surface area contributed by atoms with Gasteiger partial charge >= 0.3 is 6.18 Å². The maximum atomic E-state index is 13.9. The van der Waals surface area contributed by atoms with Gasteiger partial charge in [0.1, 0.15) is 11.0 Å². The van der Waals surface area contributed by atoms with Crippen molar-refractivity contribution in [3.05, 3.63) is 69.1 Å². The fourth-order valence-corrected chi connectivity index (χ4v) is 4.40. The monoisotopic (exact) mass is 551 g/mol. The van der Waals surface area contributed by atoms with E-state index in [1.54, 1.807) is 0 Å². The summed E-state index contributed by atoms with van der Waals surface area (Å²) in [5, 5.41) is -0.212. The van der Waals surface area contributed by atoms with E-state index < -0.39 is 41.4 Å². The van der Waals surface area contributed by atoms with Gasteiger partial charge in [-0.15, -0.1) is 0 Å². The molecule has 36 heavy (non-hydrogen) atoms. The van der Waals surface area contributed by atoms with Crippen molar-refractivity contribution in [2.75, 3.05) is 6.54 Å². The summed E-state index contributed by atoms with van der Waals surface area (Å²) in [4.78, 5) is 21.7. The standard InChI is InChI=1S/C22H17Cl2F6N5O/c23-18-12(1-2-32-20(18)24)19-16-9-34(3-4-35(16)21(33-19)22(28,29)30)17(36)7-11(31)5-10-6-14(26)15(27)8-13(10)25/h1-2,6,8,11H,3-5,7,9,31H2/t11-/m1/s1. The minimum Gasteiger partial charge on any atom is -0.335 e. The molecule has 0 fully saturated rings. The molecule has 0 aliphatic carbocycles. The molecule has 3 aromatic rings. The second-order valence-corrected chi connectivity index (χ2v) is 8.92. The Hall–Kier alpha value is -2.83. The number of nitrogens with zero attached hydrogens (tertiary/aromatic N) is 4. The molecule has 2 aromatic heterocycles. The Balaban J connectivity index is 1.58. The van der Waals surface area contributed by atoms with Crippen LogP contribution in [0.4, 0.5) is 26.3 Å². The lowest BCUT2D eigenvalue weighted by atomic mass is 10.0. The Morgan fingerprint density at radius 1 is 1.11 bits per heavy atom. The Labute approximate surface area is 210 Å². The topological polar surface area (TPSA) is 77.0 Å². The number of amides is 1. The van der Waals surface area contributed by atoms with Crippen molar-refractivity contribution in [1.29, 1.82) is 0 Å². The van der Waals surface area contributed by atoms with Crippen LogP contribution in [0.2, 0.25) is 10.2 Å². The predicted octanol–water partition coefficient (Wildman–Crippen LogP) is 4.99. The Bertz CT molecular complexity index is 1330. The van der Waals surface area contributed by atoms with Crippen LogP contribution in [0.3, 0.4) is 0 Å². The van der Waals surface area contributed by atoms with E-state index in [0.29, 0.717) is 12.1 Å². The molecule has 3 heterocycles. The quantitative estimate of drug-likeness (QED) is 0.275. The summed E-state index contributed by atoms with van der Waals surface area (Å²) in [5.74, 6) is -5.27. The molecule has 2 N–H and O–H groups in total. The molecule has 1 aliphatic rings. The van der Waals surface area contributed by atoms with Crippen LogP contribution >= 0.6 is 23.2 Å². The zero-order valence-corrected chi connectivity index (χ0v) is 19.7. The molecule has 1 amide bonds. The molecule has 0 spiro atoms. The van der Waals surface area contributed by atoms with Crippen molar-refractivity contribution in [1.82, 2.24) is 19.4 Å². The average Bonchev–Trinajstić information content (AvgIpc) is 3.18. The van der Waals surface area contributed by atoms with E-state index in [9.17, 15) is 31.1 Å². The molecular formula is C22H17Cl2F6N5O. The van der Waals surface area contributed by atoms with Crippen molar-refractivity contribution >= 4 is 29.1 Å². The Kier molecular flexibility index (Phi) is 7.22. The number of hydrogen-bond acceptors (Lipinski definition) is 4. The second-order valence-electron chi connectivity index (χ2n) is 8.18. The third-order valence-electron chi connectivity index (χ3n) is 5.72. The first kappa shape index (κ1) is 26.2. The highest BCUT2D eigenvalue weighted by molar-refractivity contribution is 6.42. The van der Waals surface area contributed by atoms with Gasteiger partial charge in [0.2, 0.25) is 11.7 Å². The van der Waals surface area contributed by atoms with Gasteiger partial charge in [-0.3, -0.25) is 4.79 Å². The largest absolute Gasteiger partial charge is 0.449 e. The summed E-state index contributed by atoms with van der Waals surface area (Å²) in [6.45, 7) is -0.506. The van der Waals surface area contributed by atoms with Crippen LogP contribution in [0, 0.1) is 17.5 Å². The molecule has 1 aliphatic heterocycles. The number of aromatic nitrogens is 3. The third-order valence-corrected chi connectivity index (χ3v) is 6.49. The minimum absolute atomic E-state index is 0.0677. The molecule has 0 radical (unpaired) electrons. The summed E-state index contributed by atoms with van der Waals surface area (Å²) >= 11 is 12.1. The fourth-order valence-electron chi connectivity index (χ4n) is 4.04. The van der Waals surface area contributed by atoms with E-state index in [-0.39, 0.29) is 65.2 Å². The number of nitrogens with two attached hydrogens (primary N) is 1. The van der Waals surface area contributed by atoms with Gasteiger partial charge in [0, 0.05) is 43.4 Å². The van der Waals surface area contributed by atoms with Gasteiger partial charge in [0.25, 0.3) is 0 Å². The SMILES string of the molecule is N[C@@H](CC(=O)N1CCn2c(C(F)(F)F)nc(-c3ccnc(Cl)c3Cl)c2C1)Cc1cc(F)c(F)cc1F. The van der Waals surface area contributed by atoms with Crippen LogP contribution < -0.4 is 5.73 Å². The number of hydrogen-bond donors (Lipinski definition) is 1. The Morgan fingerprint density at radius 3 is 2.50 bits per heavy atom. The number of fused-ring (bicyclic) bond motifs is 1. The normalized spacial score (nSPS) is 14.6. The third kappa shape index (κ3) is 5.16. The molecule has 1 atom stereocenters. The van der Waals surface area contributed by atoms with Crippen LogP contribution in [0.15, 0.2) is 24.4 Å². The van der Waals surface area contributed by atoms with Crippen molar-refractivity contribution in [3.8, 4) is 11.3 Å². The molecule has 0 saturated carbocycles. The molecule has 0 unspecified atom stereocenters. The van der Waals surface area contributed by atoms with Gasteiger partial charge in [-0.25, -0.2) is 23.1 Å². The first-order chi connectivity index (χ1) is 16.9. The smallest absolute Gasteiger partial charge is 0.335 e. The van der Waals surface area contributed by atoms with Crippen LogP contribution in [-0.2, 0) is 30.5 Å². The first-order valence-electron chi connectivity index (χ1n) is 10.5. The van der Waals surface area contributed by atoms with E-state index in [0.717, 1.165) is 4.57 Å². The van der Waals surface area contributed by atoms with Gasteiger partial charge in [0.05, 0.1) is 23.0 Å². The lowest BCUT2D eigenvalue weighted by Gasteiger charge is -2.30. The summed E-state index contributed by atoms with van der Waals surface area (Å²) in [6, 6.07) is 1.47. The van der Waals surface area contributed by atoms with Crippen LogP contribution in [0.25, 0.3) is 11.3 Å². The molecule has 14 heteroatoms. The maximum absolute atomic E-state index is 13.9. The van der Waals surface area contributed by atoms with Crippen molar-refractivity contribution in [2.45, 2.75) is 38.1 Å². The highest BCUT2D eigenvalue weighted by Crippen LogP contribution is 2.39. The lowest BCUT2D eigenvalue weighted by molar-refractivity contribution is -0.148. The number of rotatable bonds is 5. The van der Waals surface area contributed by atoms with Gasteiger partial charge in [0.15, 0.2) is 11.6 Å². The van der Waals surface area contributed by atoms with Gasteiger partial charge in [-0.1, -0.05) is 23.2 Å². The zero-order valence-electron chi connectivity index (χ0n) is 18.2. The van der Waals surface area contributed by atoms with E-state index in [1.165, 1.54) is 17.2 Å². The van der Waals surface area contributed by atoms with E-state index in [1.807, 2.05) is 0 Å². The van der Waals surface area contributed by atoms with E-state index in [4.69, 9.17) is 28.9 Å². The van der Waals surface area contributed by atoms with Crippen LogP contribution in [-0.4, -0.2) is 37.9 Å². The highest BCUT2D eigenvalue weighted by atomic mass is 35.5. The predicted molar refractivity (Wildman–Crippen MR) is 119 cm³/mol. The molecule has 1 aromatic carbocycles. The minimum atomic E-state index is -4.76. The van der Waals surface area contributed by atoms with Crippen molar-refractivity contribution in [2.24, 2.45) is 5.73 Å². The average molecular weight is 552 g/mol. The summed E-state index contributed by atoms with van der Waals surface area (Å²) in [5.41, 5.74) is 5.86. The summed E-state index contributed by atoms with van der Waals surface area (Å²) in [6.07, 6.45) is -4.06. The molecule has 192 valence electrons. The van der Waals surface area contributed by atoms with Crippen LogP contribution in [0.1, 0.15) is 23.5 Å². The van der Waals surface area contributed by atoms with Crippen molar-refractivity contribution < 1.29 is 31.1 Å². The molecule has 4 rings (SSSR count). The number of halogens is 8. The Morgan fingerprint density at radius 2 is 1.81 bits per heavy atom. The fraction of sp³-hybridized carbons (Fsp3) is 0.318. The summed E-state index contributed by atoms with van der Waals surface area (Å²) < 4.78 is 82.5. The molecular weight excluding hydrogens is 535 g/mol. The number of pyridine rings is 1. The molecule has 0 saturated heterocycles. The van der Waals surface area contributed by atoms with E-state index >= 15 is 0 Å². The first-order valence-corrected chi connectivity index (χ1v) is 11.3. The second kappa shape index (κ2) is 9.91. The van der Waals surface area contributed by atoms with Gasteiger partial charge in [-0.05, 0) is 24.1 Å². The maximum Gasteiger partial charge on any atom is 0.449 e. The van der Waals surface area contributed by atoms with Gasteiger partial charge in [-0.2, -0.15) is 13.2 Å². The number of benzene rings is 1. The number of alkyl halides is 3. The molecule has 0 bridgehead atoms. The number of carbonyl (C=O) groups excluding carboxylic acids is 1. The van der Waals surface area contributed by atoms with Gasteiger partial charge < -0.3 is 15.2 Å². The zero-order chi connectivity index (χ0) is 26.4. The number of carbonyl (C=O) groups is 1. The highest BCUT2D eigenvalue weighted by Gasteiger charge is 2.41. The number of imidazole rings is 1. The summed E-state index contributed by atoms with van der Waals surface area (Å²) in [7, 11) is 0. The van der Waals surface area contributed by atoms with Crippen molar-refractivity contribution in [3.63, 3.8) is 0 Å². The van der Waals surface area contributed by atoms with Crippen LogP contribution in [0.5, 0.6) is 0 Å². The van der Waals surface area contributed by atoms with E-state index in [2.05, 4.69) is 9.97 Å². The lowest BCUT2D eigenvalue weighted by Crippen LogP contribution is -2.42.